The molecular formula is C83H162O17P2. The molecule has 0 saturated carbocycles. The lowest BCUT2D eigenvalue weighted by Gasteiger charge is -2.21. The summed E-state index contributed by atoms with van der Waals surface area (Å²) in [7, 11) is -9.92. The normalized spacial score (nSPS) is 13.8. The van der Waals surface area contributed by atoms with Crippen molar-refractivity contribution in [1.82, 2.24) is 0 Å². The Balaban J connectivity index is 5.25. The van der Waals surface area contributed by atoms with Gasteiger partial charge in [0.2, 0.25) is 0 Å². The summed E-state index contributed by atoms with van der Waals surface area (Å²) in [5, 5.41) is 10.7. The molecule has 0 aromatic carbocycles. The van der Waals surface area contributed by atoms with Crippen LogP contribution < -0.4 is 0 Å². The predicted octanol–water partition coefficient (Wildman–Crippen LogP) is 25.2. The molecule has 0 heterocycles. The lowest BCUT2D eigenvalue weighted by molar-refractivity contribution is -0.161. The second-order valence-electron chi connectivity index (χ2n) is 30.3. The van der Waals surface area contributed by atoms with Gasteiger partial charge in [0, 0.05) is 25.7 Å². The van der Waals surface area contributed by atoms with Crippen LogP contribution in [0.2, 0.25) is 0 Å². The molecule has 3 N–H and O–H groups in total. The number of aliphatic hydroxyl groups excluding tert-OH is 1. The van der Waals surface area contributed by atoms with E-state index >= 15 is 0 Å². The SMILES string of the molecule is CCCCCCCCCCCCCCCCCCCCCCC(=O)O[C@H](COC(=O)CCCCCCCCCCCCCCC(C)C)COP(=O)(O)OC[C@@H](O)COP(=O)(O)OC[C@@H](COC(=O)CCCCCCCCCCCCCCC)OC(=O)CCCCCCCCCCCCCCCC. The Bertz CT molecular complexity index is 1940. The van der Waals surface area contributed by atoms with Gasteiger partial charge >= 0.3 is 39.5 Å². The summed E-state index contributed by atoms with van der Waals surface area (Å²) < 4.78 is 68.8. The highest BCUT2D eigenvalue weighted by molar-refractivity contribution is 7.47. The number of aliphatic hydroxyl groups is 1. The van der Waals surface area contributed by atoms with Crippen LogP contribution in [-0.4, -0.2) is 96.7 Å². The summed E-state index contributed by atoms with van der Waals surface area (Å²) >= 11 is 0. The minimum absolute atomic E-state index is 0.109. The van der Waals surface area contributed by atoms with Crippen LogP contribution in [0.4, 0.5) is 0 Å². The van der Waals surface area contributed by atoms with Crippen molar-refractivity contribution < 1.29 is 80.2 Å². The molecule has 0 rings (SSSR count). The maximum atomic E-state index is 13.1. The van der Waals surface area contributed by atoms with Gasteiger partial charge in [-0.05, 0) is 31.6 Å². The van der Waals surface area contributed by atoms with E-state index in [0.717, 1.165) is 95.8 Å². The molecule has 0 aliphatic heterocycles. The first-order valence-electron chi connectivity index (χ1n) is 43.1. The Kier molecular flexibility index (Phi) is 74.4. The molecule has 0 aromatic rings. The molecule has 0 spiro atoms. The summed E-state index contributed by atoms with van der Waals surface area (Å²) in [6.45, 7) is 7.36. The third-order valence-corrected chi connectivity index (χ3v) is 21.4. The zero-order valence-electron chi connectivity index (χ0n) is 66.8. The average Bonchev–Trinajstić information content (AvgIpc) is 0.912. The van der Waals surface area contributed by atoms with Crippen LogP contribution in [0.1, 0.15) is 446 Å². The molecule has 0 amide bonds. The number of hydrogen-bond donors (Lipinski definition) is 3. The van der Waals surface area contributed by atoms with Crippen molar-refractivity contribution in [2.45, 2.75) is 464 Å². The molecule has 0 aliphatic carbocycles. The summed E-state index contributed by atoms with van der Waals surface area (Å²) in [6, 6.07) is 0. The lowest BCUT2D eigenvalue weighted by atomic mass is 10.0. The van der Waals surface area contributed by atoms with E-state index in [9.17, 15) is 43.2 Å². The number of ether oxygens (including phenoxy) is 4. The first-order chi connectivity index (χ1) is 49.5. The Morgan fingerprint density at radius 2 is 0.451 bits per heavy atom. The first kappa shape index (κ1) is 100. The summed E-state index contributed by atoms with van der Waals surface area (Å²) in [5.41, 5.74) is 0. The lowest BCUT2D eigenvalue weighted by Crippen LogP contribution is -2.30. The van der Waals surface area contributed by atoms with Gasteiger partial charge < -0.3 is 33.8 Å². The van der Waals surface area contributed by atoms with E-state index in [2.05, 4.69) is 34.6 Å². The van der Waals surface area contributed by atoms with Gasteiger partial charge in [0.05, 0.1) is 26.4 Å². The molecule has 17 nitrogen and oxygen atoms in total. The second-order valence-corrected chi connectivity index (χ2v) is 33.3. The van der Waals surface area contributed by atoms with Gasteiger partial charge in [-0.2, -0.15) is 0 Å². The molecule has 19 heteroatoms. The zero-order valence-corrected chi connectivity index (χ0v) is 68.5. The standard InChI is InChI=1S/C83H162O17P2/c1-6-9-12-15-18-21-24-27-29-30-31-32-33-34-37-44-49-54-59-64-69-83(88)100-79(73-94-81(86)67-62-57-52-47-42-39-38-40-45-50-55-60-65-76(4)5)75-98-102(91,92)96-71-77(84)70-95-101(89,90)97-74-78(72-93-80(85)66-61-56-51-46-41-35-26-23-20-17-14-11-8-3)99-82(87)68-63-58-53-48-43-36-28-25-22-19-16-13-10-7-2/h76-79,84H,6-75H2,1-5H3,(H,89,90)(H,91,92)/t77-,78+,79+/m0/s1. The molecule has 0 aromatic heterocycles. The quantitative estimate of drug-likeness (QED) is 0.0222. The Morgan fingerprint density at radius 1 is 0.265 bits per heavy atom. The fourth-order valence-electron chi connectivity index (χ4n) is 12.9. The first-order valence-corrected chi connectivity index (χ1v) is 46.1. The predicted molar refractivity (Wildman–Crippen MR) is 418 cm³/mol. The van der Waals surface area contributed by atoms with E-state index in [1.165, 1.54) is 270 Å². The van der Waals surface area contributed by atoms with Crippen LogP contribution in [0, 0.1) is 5.92 Å². The van der Waals surface area contributed by atoms with Crippen molar-refractivity contribution in [3.05, 3.63) is 0 Å². The van der Waals surface area contributed by atoms with Crippen LogP contribution in [0.3, 0.4) is 0 Å². The fraction of sp³-hybridized carbons (Fsp3) is 0.952. The fourth-order valence-corrected chi connectivity index (χ4v) is 14.5. The minimum atomic E-state index is -4.96. The number of phosphoric acid groups is 2. The molecule has 102 heavy (non-hydrogen) atoms. The Hall–Kier alpha value is -1.94. The van der Waals surface area contributed by atoms with Crippen LogP contribution in [0.5, 0.6) is 0 Å². The third kappa shape index (κ3) is 76.3. The number of rotatable bonds is 83. The van der Waals surface area contributed by atoms with Crippen LogP contribution >= 0.6 is 15.6 Å². The largest absolute Gasteiger partial charge is 0.472 e. The molecule has 0 aliphatic rings. The summed E-state index contributed by atoms with van der Waals surface area (Å²) in [5.74, 6) is -1.32. The molecule has 2 unspecified atom stereocenters. The van der Waals surface area contributed by atoms with Gasteiger partial charge in [-0.3, -0.25) is 37.3 Å². The topological polar surface area (TPSA) is 237 Å². The van der Waals surface area contributed by atoms with Gasteiger partial charge in [-0.15, -0.1) is 0 Å². The molecule has 0 bridgehead atoms. The molecular weight excluding hydrogens is 1330 g/mol. The Labute approximate surface area is 626 Å². The van der Waals surface area contributed by atoms with Crippen LogP contribution in [-0.2, 0) is 65.4 Å². The van der Waals surface area contributed by atoms with E-state index in [1.54, 1.807) is 0 Å². The van der Waals surface area contributed by atoms with Crippen molar-refractivity contribution in [3.8, 4) is 0 Å². The smallest absolute Gasteiger partial charge is 0.462 e. The Morgan fingerprint density at radius 3 is 0.667 bits per heavy atom. The van der Waals surface area contributed by atoms with Crippen LogP contribution in [0.25, 0.3) is 0 Å². The third-order valence-electron chi connectivity index (χ3n) is 19.5. The summed E-state index contributed by atoms with van der Waals surface area (Å²) in [6.07, 6.45) is 67.9. The van der Waals surface area contributed by atoms with E-state index in [1.807, 2.05) is 0 Å². The monoisotopic (exact) mass is 1490 g/mol. The van der Waals surface area contributed by atoms with Crippen molar-refractivity contribution >= 4 is 39.5 Å². The minimum Gasteiger partial charge on any atom is -0.462 e. The van der Waals surface area contributed by atoms with Crippen molar-refractivity contribution in [3.63, 3.8) is 0 Å². The summed E-state index contributed by atoms with van der Waals surface area (Å²) in [4.78, 5) is 73.1. The van der Waals surface area contributed by atoms with Crippen LogP contribution in [0.15, 0.2) is 0 Å². The van der Waals surface area contributed by atoms with Gasteiger partial charge in [0.25, 0.3) is 0 Å². The van der Waals surface area contributed by atoms with E-state index in [-0.39, 0.29) is 25.7 Å². The van der Waals surface area contributed by atoms with E-state index < -0.39 is 97.5 Å². The highest BCUT2D eigenvalue weighted by Crippen LogP contribution is 2.45. The van der Waals surface area contributed by atoms with Crippen molar-refractivity contribution in [2.24, 2.45) is 5.92 Å². The molecule has 0 radical (unpaired) electrons. The molecule has 0 saturated heterocycles. The maximum Gasteiger partial charge on any atom is 0.472 e. The van der Waals surface area contributed by atoms with Crippen molar-refractivity contribution in [1.29, 1.82) is 0 Å². The number of esters is 4. The van der Waals surface area contributed by atoms with Crippen molar-refractivity contribution in [2.75, 3.05) is 39.6 Å². The number of carbonyl (C=O) groups excluding carboxylic acids is 4. The second kappa shape index (κ2) is 75.9. The van der Waals surface area contributed by atoms with E-state index in [4.69, 9.17) is 37.0 Å². The number of unbranched alkanes of at least 4 members (excludes halogenated alkanes) is 55. The highest BCUT2D eigenvalue weighted by atomic mass is 31.2. The van der Waals surface area contributed by atoms with Gasteiger partial charge in [0.1, 0.15) is 19.3 Å². The molecule has 5 atom stereocenters. The molecule has 606 valence electrons. The average molecular weight is 1490 g/mol. The highest BCUT2D eigenvalue weighted by Gasteiger charge is 2.30. The molecule has 0 fully saturated rings. The number of phosphoric ester groups is 2. The van der Waals surface area contributed by atoms with E-state index in [0.29, 0.717) is 25.7 Å². The van der Waals surface area contributed by atoms with Gasteiger partial charge in [-0.1, -0.05) is 394 Å². The zero-order chi connectivity index (χ0) is 74.8. The van der Waals surface area contributed by atoms with Gasteiger partial charge in [-0.25, -0.2) is 9.13 Å². The number of hydrogen-bond acceptors (Lipinski definition) is 15. The van der Waals surface area contributed by atoms with Gasteiger partial charge in [0.15, 0.2) is 12.2 Å². The number of carbonyl (C=O) groups is 4. The maximum absolute atomic E-state index is 13.1.